The van der Waals surface area contributed by atoms with Crippen LogP contribution in [0.3, 0.4) is 0 Å². The molecule has 3 N–H and O–H groups in total. The fraction of sp³-hybridized carbons (Fsp3) is 0.913. The van der Waals surface area contributed by atoms with Crippen molar-refractivity contribution >= 4 is 0 Å². The summed E-state index contributed by atoms with van der Waals surface area (Å²) in [5.74, 6) is 0. The normalized spacial score (nSPS) is 25.6. The average molecular weight is 401 g/mol. The second-order valence-electron chi connectivity index (χ2n) is 8.01. The van der Waals surface area contributed by atoms with Crippen LogP contribution >= 0.6 is 0 Å². The zero-order valence-corrected chi connectivity index (χ0v) is 17.9. The number of hydrogen-bond donors (Lipinski definition) is 3. The molecule has 0 amide bonds. The molecule has 0 unspecified atom stereocenters. The highest BCUT2D eigenvalue weighted by Gasteiger charge is 2.38. The van der Waals surface area contributed by atoms with Crippen LogP contribution in [0.25, 0.3) is 0 Å². The zero-order valence-electron chi connectivity index (χ0n) is 17.9. The first-order valence-electron chi connectivity index (χ1n) is 11.6. The van der Waals surface area contributed by atoms with E-state index in [4.69, 9.17) is 14.6 Å². The summed E-state index contributed by atoms with van der Waals surface area (Å²) in [6.45, 7) is 2.55. The van der Waals surface area contributed by atoms with Crippen molar-refractivity contribution in [3.63, 3.8) is 0 Å². The predicted molar refractivity (Wildman–Crippen MR) is 113 cm³/mol. The van der Waals surface area contributed by atoms with Gasteiger partial charge in [-0.2, -0.15) is 0 Å². The lowest BCUT2D eigenvalue weighted by molar-refractivity contribution is -0.210. The highest BCUT2D eigenvalue weighted by Crippen LogP contribution is 2.19. The number of aliphatic hydroxyl groups is 3. The van der Waals surface area contributed by atoms with Gasteiger partial charge in [-0.1, -0.05) is 76.9 Å². The van der Waals surface area contributed by atoms with Crippen LogP contribution in [-0.4, -0.2) is 59.6 Å². The highest BCUT2D eigenvalue weighted by molar-refractivity contribution is 4.87. The molecule has 0 aliphatic carbocycles. The average Bonchev–Trinajstić information content (AvgIpc) is 2.70. The van der Waals surface area contributed by atoms with Crippen molar-refractivity contribution < 1.29 is 24.8 Å². The van der Waals surface area contributed by atoms with E-state index in [2.05, 4.69) is 19.1 Å². The van der Waals surface area contributed by atoms with E-state index in [-0.39, 0.29) is 13.2 Å². The fourth-order valence-electron chi connectivity index (χ4n) is 3.68. The quantitative estimate of drug-likeness (QED) is 0.253. The van der Waals surface area contributed by atoms with Crippen LogP contribution in [0.1, 0.15) is 90.4 Å². The smallest absolute Gasteiger partial charge is 0.114 e. The zero-order chi connectivity index (χ0) is 20.5. The maximum atomic E-state index is 10.1. The van der Waals surface area contributed by atoms with Crippen molar-refractivity contribution in [1.82, 2.24) is 0 Å². The van der Waals surface area contributed by atoms with Gasteiger partial charge in [0, 0.05) is 6.61 Å². The van der Waals surface area contributed by atoms with Gasteiger partial charge in [-0.3, -0.25) is 0 Å². The largest absolute Gasteiger partial charge is 0.394 e. The molecule has 5 heteroatoms. The minimum Gasteiger partial charge on any atom is -0.394 e. The molecule has 28 heavy (non-hydrogen) atoms. The number of aliphatic hydroxyl groups excluding tert-OH is 3. The van der Waals surface area contributed by atoms with E-state index in [1.165, 1.54) is 64.2 Å². The summed E-state index contributed by atoms with van der Waals surface area (Å²) < 4.78 is 10.8. The van der Waals surface area contributed by atoms with Gasteiger partial charge < -0.3 is 24.8 Å². The number of hydrogen-bond acceptors (Lipinski definition) is 5. The number of rotatable bonds is 17. The standard InChI is InChI=1S/C23H44O5/c1-2-3-4-5-6-7-8-9-10-11-12-13-14-15-16-17-27-23-20(25)19-28-21(18-24)22(23)26/h3-4,20-26H,2,5-19H2,1H3/b4-3+/t20-,21+,22+,23+/m0/s1. The number of ether oxygens (including phenoxy) is 2. The summed E-state index contributed by atoms with van der Waals surface area (Å²) in [5, 5.41) is 29.1. The second-order valence-corrected chi connectivity index (χ2v) is 8.01. The monoisotopic (exact) mass is 400 g/mol. The Bertz CT molecular complexity index is 374. The molecule has 1 aliphatic rings. The van der Waals surface area contributed by atoms with Gasteiger partial charge in [0.05, 0.1) is 13.2 Å². The third kappa shape index (κ3) is 11.5. The van der Waals surface area contributed by atoms with Gasteiger partial charge in [-0.15, -0.1) is 0 Å². The molecule has 0 aromatic rings. The third-order valence-electron chi connectivity index (χ3n) is 5.49. The van der Waals surface area contributed by atoms with Crippen LogP contribution in [0.15, 0.2) is 12.2 Å². The second kappa shape index (κ2) is 17.4. The van der Waals surface area contributed by atoms with Crippen LogP contribution in [0.2, 0.25) is 0 Å². The maximum absolute atomic E-state index is 10.1. The number of allylic oxidation sites excluding steroid dienone is 2. The topological polar surface area (TPSA) is 79.2 Å². The predicted octanol–water partition coefficient (Wildman–Crippen LogP) is 4.13. The van der Waals surface area contributed by atoms with Crippen molar-refractivity contribution in [2.24, 2.45) is 0 Å². The van der Waals surface area contributed by atoms with E-state index < -0.39 is 24.4 Å². The van der Waals surface area contributed by atoms with Crippen LogP contribution in [0.4, 0.5) is 0 Å². The van der Waals surface area contributed by atoms with Gasteiger partial charge >= 0.3 is 0 Å². The van der Waals surface area contributed by atoms with Crippen LogP contribution in [0, 0.1) is 0 Å². The van der Waals surface area contributed by atoms with Gasteiger partial charge in [0.15, 0.2) is 0 Å². The van der Waals surface area contributed by atoms with E-state index >= 15 is 0 Å². The molecule has 1 rings (SSSR count). The van der Waals surface area contributed by atoms with Gasteiger partial charge in [-0.25, -0.2) is 0 Å². The molecule has 1 heterocycles. The Kier molecular flexibility index (Phi) is 15.9. The van der Waals surface area contributed by atoms with E-state index in [9.17, 15) is 10.2 Å². The molecular weight excluding hydrogens is 356 g/mol. The molecule has 1 saturated heterocycles. The summed E-state index contributed by atoms with van der Waals surface area (Å²) in [4.78, 5) is 0. The van der Waals surface area contributed by atoms with Crippen molar-refractivity contribution in [1.29, 1.82) is 0 Å². The van der Waals surface area contributed by atoms with Crippen molar-refractivity contribution in [2.75, 3.05) is 19.8 Å². The Hall–Kier alpha value is -0.460. The van der Waals surface area contributed by atoms with Crippen LogP contribution in [0.5, 0.6) is 0 Å². The summed E-state index contributed by atoms with van der Waals surface area (Å²) in [5.41, 5.74) is 0. The first-order valence-corrected chi connectivity index (χ1v) is 11.6. The molecule has 0 bridgehead atoms. The molecular formula is C23H44O5. The Morgan fingerprint density at radius 3 is 2.00 bits per heavy atom. The lowest BCUT2D eigenvalue weighted by atomic mass is 10.0. The molecule has 0 radical (unpaired) electrons. The van der Waals surface area contributed by atoms with Gasteiger partial charge in [0.1, 0.15) is 24.4 Å². The van der Waals surface area contributed by atoms with E-state index in [1.807, 2.05) is 0 Å². The van der Waals surface area contributed by atoms with Crippen LogP contribution in [-0.2, 0) is 9.47 Å². The molecule has 4 atom stereocenters. The molecule has 0 saturated carbocycles. The molecule has 0 spiro atoms. The summed E-state index contributed by atoms with van der Waals surface area (Å²) >= 11 is 0. The maximum Gasteiger partial charge on any atom is 0.114 e. The van der Waals surface area contributed by atoms with Gasteiger partial charge in [0.25, 0.3) is 0 Å². The fourth-order valence-corrected chi connectivity index (χ4v) is 3.68. The molecule has 1 aliphatic heterocycles. The minimum absolute atomic E-state index is 0.100. The highest BCUT2D eigenvalue weighted by atomic mass is 16.6. The first-order chi connectivity index (χ1) is 13.7. The molecule has 5 nitrogen and oxygen atoms in total. The Morgan fingerprint density at radius 2 is 1.43 bits per heavy atom. The molecule has 0 aromatic heterocycles. The summed E-state index contributed by atoms with van der Waals surface area (Å²) in [7, 11) is 0. The SMILES string of the molecule is CC/C=C/CCCCCCCCCCCCCO[C@H]1[C@H](O)[C@@H](CO)OC[C@@H]1O. The van der Waals surface area contributed by atoms with E-state index in [0.29, 0.717) is 6.61 Å². The Labute approximate surface area is 172 Å². The molecule has 1 fully saturated rings. The van der Waals surface area contributed by atoms with Crippen LogP contribution < -0.4 is 0 Å². The molecule has 166 valence electrons. The molecule has 0 aromatic carbocycles. The van der Waals surface area contributed by atoms with Gasteiger partial charge in [0.2, 0.25) is 0 Å². The third-order valence-corrected chi connectivity index (χ3v) is 5.49. The lowest BCUT2D eigenvalue weighted by Crippen LogP contribution is -2.55. The van der Waals surface area contributed by atoms with Crippen molar-refractivity contribution in [3.8, 4) is 0 Å². The number of unbranched alkanes of at least 4 members (excludes halogenated alkanes) is 11. The van der Waals surface area contributed by atoms with E-state index in [1.54, 1.807) is 0 Å². The van der Waals surface area contributed by atoms with Gasteiger partial charge in [-0.05, 0) is 25.7 Å². The van der Waals surface area contributed by atoms with E-state index in [0.717, 1.165) is 19.3 Å². The minimum atomic E-state index is -0.971. The Balaban J connectivity index is 1.86. The lowest BCUT2D eigenvalue weighted by Gasteiger charge is -2.37. The Morgan fingerprint density at radius 1 is 0.857 bits per heavy atom. The van der Waals surface area contributed by atoms with Crippen molar-refractivity contribution in [2.45, 2.75) is 115 Å². The summed E-state index contributed by atoms with van der Waals surface area (Å²) in [6, 6.07) is 0. The summed E-state index contributed by atoms with van der Waals surface area (Å²) in [6.07, 6.45) is 17.8. The van der Waals surface area contributed by atoms with Crippen molar-refractivity contribution in [3.05, 3.63) is 12.2 Å². The first kappa shape index (κ1) is 25.6.